The number of non-ortho nitro benzene ring substituents is 1. The standard InChI is InChI=1S/C25H19Br3N4O5/c1-3-36-21-10-16(12-29-31-14(2)30-20-9-6-17(26)11-19(20)25(31)33)22(27)23(28)24(21)37-13-15-4-7-18(8-5-15)32(34)35/h4-12H,3,13H2,1-2H3. The third-order valence-electron chi connectivity index (χ3n) is 5.27. The van der Waals surface area contributed by atoms with E-state index in [1.165, 1.54) is 23.0 Å². The molecule has 0 aliphatic heterocycles. The molecule has 0 saturated carbocycles. The Morgan fingerprint density at radius 2 is 1.81 bits per heavy atom. The molecule has 0 atom stereocenters. The van der Waals surface area contributed by atoms with Crippen molar-refractivity contribution >= 4 is 70.6 Å². The summed E-state index contributed by atoms with van der Waals surface area (Å²) in [5.74, 6) is 1.36. The van der Waals surface area contributed by atoms with Gasteiger partial charge < -0.3 is 9.47 Å². The first-order chi connectivity index (χ1) is 17.7. The number of hydrogen-bond acceptors (Lipinski definition) is 7. The van der Waals surface area contributed by atoms with Crippen molar-refractivity contribution in [3.8, 4) is 11.5 Å². The third-order valence-corrected chi connectivity index (χ3v) is 7.90. The summed E-state index contributed by atoms with van der Waals surface area (Å²) >= 11 is 10.5. The fourth-order valence-electron chi connectivity index (χ4n) is 3.48. The maximum atomic E-state index is 13.1. The highest BCUT2D eigenvalue weighted by Crippen LogP contribution is 2.43. The van der Waals surface area contributed by atoms with E-state index in [0.29, 0.717) is 49.3 Å². The van der Waals surface area contributed by atoms with Gasteiger partial charge in [0, 0.05) is 26.6 Å². The Kier molecular flexibility index (Phi) is 8.40. The van der Waals surface area contributed by atoms with Gasteiger partial charge in [-0.1, -0.05) is 15.9 Å². The summed E-state index contributed by atoms with van der Waals surface area (Å²) in [6.45, 7) is 4.13. The minimum atomic E-state index is -0.450. The topological polar surface area (TPSA) is 109 Å². The van der Waals surface area contributed by atoms with Gasteiger partial charge in [-0.05, 0) is 87.7 Å². The van der Waals surface area contributed by atoms with Gasteiger partial charge >= 0.3 is 0 Å². The Hall–Kier alpha value is -3.09. The lowest BCUT2D eigenvalue weighted by atomic mass is 10.2. The molecular weight excluding hydrogens is 676 g/mol. The van der Waals surface area contributed by atoms with Gasteiger partial charge in [-0.2, -0.15) is 9.78 Å². The van der Waals surface area contributed by atoms with Crippen LogP contribution < -0.4 is 15.0 Å². The number of nitro benzene ring substituents is 1. The molecule has 1 heterocycles. The van der Waals surface area contributed by atoms with Crippen molar-refractivity contribution in [2.75, 3.05) is 6.61 Å². The lowest BCUT2D eigenvalue weighted by Gasteiger charge is -2.16. The van der Waals surface area contributed by atoms with Crippen LogP contribution >= 0.6 is 47.8 Å². The van der Waals surface area contributed by atoms with Gasteiger partial charge in [0.15, 0.2) is 11.5 Å². The van der Waals surface area contributed by atoms with E-state index in [-0.39, 0.29) is 17.9 Å². The van der Waals surface area contributed by atoms with Gasteiger partial charge in [0.05, 0.1) is 33.1 Å². The summed E-state index contributed by atoms with van der Waals surface area (Å²) in [5, 5.41) is 15.7. The normalized spacial score (nSPS) is 11.3. The Bertz CT molecular complexity index is 1590. The molecule has 1 aromatic heterocycles. The predicted molar refractivity (Wildman–Crippen MR) is 152 cm³/mol. The molecule has 9 nitrogen and oxygen atoms in total. The van der Waals surface area contributed by atoms with Crippen LogP contribution in [0.15, 0.2) is 71.8 Å². The number of nitrogens with zero attached hydrogens (tertiary/aromatic N) is 4. The zero-order valence-electron chi connectivity index (χ0n) is 19.6. The van der Waals surface area contributed by atoms with Crippen molar-refractivity contribution in [3.63, 3.8) is 0 Å². The molecule has 0 aliphatic rings. The fraction of sp³-hybridized carbons (Fsp3) is 0.160. The zero-order valence-corrected chi connectivity index (χ0v) is 24.3. The number of fused-ring (bicyclic) bond motifs is 1. The van der Waals surface area contributed by atoms with E-state index in [1.54, 1.807) is 37.3 Å². The summed E-state index contributed by atoms with van der Waals surface area (Å²) in [6.07, 6.45) is 1.54. The third kappa shape index (κ3) is 5.91. The molecule has 37 heavy (non-hydrogen) atoms. The second kappa shape index (κ2) is 11.5. The molecule has 4 aromatic rings. The van der Waals surface area contributed by atoms with Gasteiger partial charge in [0.2, 0.25) is 0 Å². The molecule has 0 radical (unpaired) electrons. The monoisotopic (exact) mass is 692 g/mol. The lowest BCUT2D eigenvalue weighted by molar-refractivity contribution is -0.384. The van der Waals surface area contributed by atoms with Crippen molar-refractivity contribution in [2.24, 2.45) is 5.10 Å². The molecule has 0 aliphatic carbocycles. The number of aromatic nitrogens is 2. The van der Waals surface area contributed by atoms with E-state index in [2.05, 4.69) is 57.9 Å². The van der Waals surface area contributed by atoms with Crippen molar-refractivity contribution in [1.29, 1.82) is 0 Å². The molecule has 190 valence electrons. The smallest absolute Gasteiger partial charge is 0.282 e. The summed E-state index contributed by atoms with van der Waals surface area (Å²) in [5.41, 5.74) is 1.71. The van der Waals surface area contributed by atoms with Crippen molar-refractivity contribution in [3.05, 3.63) is 99.4 Å². The summed E-state index contributed by atoms with van der Waals surface area (Å²) in [7, 11) is 0. The SMILES string of the molecule is CCOc1cc(C=Nn2c(C)nc3ccc(Br)cc3c2=O)c(Br)c(Br)c1OCc1ccc([N+](=O)[O-])cc1. The van der Waals surface area contributed by atoms with Gasteiger partial charge in [0.25, 0.3) is 11.2 Å². The second-order valence-electron chi connectivity index (χ2n) is 7.75. The predicted octanol–water partition coefficient (Wildman–Crippen LogP) is 6.76. The minimum Gasteiger partial charge on any atom is -0.490 e. The van der Waals surface area contributed by atoms with E-state index < -0.39 is 4.92 Å². The van der Waals surface area contributed by atoms with Crippen LogP contribution in [0.4, 0.5) is 5.69 Å². The molecule has 0 saturated heterocycles. The first-order valence-electron chi connectivity index (χ1n) is 10.9. The Morgan fingerprint density at radius 1 is 1.08 bits per heavy atom. The fourth-order valence-corrected chi connectivity index (χ4v) is 4.78. The number of rotatable bonds is 8. The van der Waals surface area contributed by atoms with Crippen LogP contribution in [0.3, 0.4) is 0 Å². The van der Waals surface area contributed by atoms with E-state index in [4.69, 9.17) is 9.47 Å². The first kappa shape index (κ1) is 27.0. The number of nitro groups is 1. The van der Waals surface area contributed by atoms with Gasteiger partial charge in [-0.3, -0.25) is 14.9 Å². The maximum absolute atomic E-state index is 13.1. The second-order valence-corrected chi connectivity index (χ2v) is 10.2. The Morgan fingerprint density at radius 3 is 2.49 bits per heavy atom. The van der Waals surface area contributed by atoms with Crippen molar-refractivity contribution in [2.45, 2.75) is 20.5 Å². The van der Waals surface area contributed by atoms with Gasteiger partial charge in [-0.25, -0.2) is 4.98 Å². The van der Waals surface area contributed by atoms with Gasteiger partial charge in [0.1, 0.15) is 12.4 Å². The molecule has 4 rings (SSSR count). The van der Waals surface area contributed by atoms with E-state index >= 15 is 0 Å². The molecular formula is C25H19Br3N4O5. The Labute approximate surface area is 236 Å². The highest BCUT2D eigenvalue weighted by atomic mass is 79.9. The summed E-state index contributed by atoms with van der Waals surface area (Å²) in [6, 6.07) is 13.2. The number of aryl methyl sites for hydroxylation is 1. The molecule has 0 fully saturated rings. The minimum absolute atomic E-state index is 0.00918. The molecule has 0 amide bonds. The van der Waals surface area contributed by atoms with Crippen LogP contribution in [0.25, 0.3) is 10.9 Å². The molecule has 0 spiro atoms. The van der Waals surface area contributed by atoms with Crippen LogP contribution in [0.5, 0.6) is 11.5 Å². The van der Waals surface area contributed by atoms with E-state index in [9.17, 15) is 14.9 Å². The molecule has 0 N–H and O–H groups in total. The van der Waals surface area contributed by atoms with Crippen LogP contribution in [-0.2, 0) is 6.61 Å². The zero-order chi connectivity index (χ0) is 26.7. The number of halogens is 3. The van der Waals surface area contributed by atoms with E-state index in [1.807, 2.05) is 13.0 Å². The van der Waals surface area contributed by atoms with Crippen LogP contribution in [-0.4, -0.2) is 27.4 Å². The molecule has 0 bridgehead atoms. The Balaban J connectivity index is 1.67. The van der Waals surface area contributed by atoms with Crippen LogP contribution in [0.2, 0.25) is 0 Å². The van der Waals surface area contributed by atoms with Crippen molar-refractivity contribution in [1.82, 2.24) is 9.66 Å². The number of hydrogen-bond donors (Lipinski definition) is 0. The average molecular weight is 695 g/mol. The molecule has 3 aromatic carbocycles. The van der Waals surface area contributed by atoms with E-state index in [0.717, 1.165) is 10.0 Å². The number of ether oxygens (including phenoxy) is 2. The quantitative estimate of drug-likeness (QED) is 0.115. The van der Waals surface area contributed by atoms with Crippen LogP contribution in [0.1, 0.15) is 23.9 Å². The summed E-state index contributed by atoms with van der Waals surface area (Å²) in [4.78, 5) is 28.0. The molecule has 0 unspecified atom stereocenters. The summed E-state index contributed by atoms with van der Waals surface area (Å²) < 4.78 is 15.1. The number of benzene rings is 3. The largest absolute Gasteiger partial charge is 0.490 e. The lowest BCUT2D eigenvalue weighted by Crippen LogP contribution is -2.20. The maximum Gasteiger partial charge on any atom is 0.282 e. The average Bonchev–Trinajstić information content (AvgIpc) is 2.87. The highest BCUT2D eigenvalue weighted by Gasteiger charge is 2.18. The van der Waals surface area contributed by atoms with Crippen LogP contribution in [0, 0.1) is 17.0 Å². The van der Waals surface area contributed by atoms with Crippen molar-refractivity contribution < 1.29 is 14.4 Å². The first-order valence-corrected chi connectivity index (χ1v) is 13.3. The molecule has 12 heteroatoms. The van der Waals surface area contributed by atoms with Gasteiger partial charge in [-0.15, -0.1) is 0 Å². The highest BCUT2D eigenvalue weighted by molar-refractivity contribution is 9.13.